The van der Waals surface area contributed by atoms with Crippen molar-refractivity contribution in [2.24, 2.45) is 11.8 Å². The summed E-state index contributed by atoms with van der Waals surface area (Å²) in [5, 5.41) is 10.7. The van der Waals surface area contributed by atoms with Crippen LogP contribution in [0.3, 0.4) is 0 Å². The lowest BCUT2D eigenvalue weighted by atomic mass is 9.70. The second-order valence-electron chi connectivity index (χ2n) is 5.49. The molecule has 1 aromatic rings. The van der Waals surface area contributed by atoms with Crippen molar-refractivity contribution in [1.82, 2.24) is 0 Å². The third-order valence-corrected chi connectivity index (χ3v) is 4.24. The first-order valence-corrected chi connectivity index (χ1v) is 6.88. The molecule has 1 N–H and O–H groups in total. The summed E-state index contributed by atoms with van der Waals surface area (Å²) in [7, 11) is 0. The SMILES string of the molecule is CC1CC(C)CC(O)(c2cccc(Br)c2F)C1. The average molecular weight is 301 g/mol. The lowest BCUT2D eigenvalue weighted by molar-refractivity contribution is -0.0389. The Labute approximate surface area is 110 Å². The molecule has 1 aromatic carbocycles. The lowest BCUT2D eigenvalue weighted by Gasteiger charge is -2.39. The predicted molar refractivity (Wildman–Crippen MR) is 70.2 cm³/mol. The van der Waals surface area contributed by atoms with E-state index in [0.29, 0.717) is 34.7 Å². The van der Waals surface area contributed by atoms with Gasteiger partial charge in [-0.1, -0.05) is 26.0 Å². The topological polar surface area (TPSA) is 20.2 Å². The summed E-state index contributed by atoms with van der Waals surface area (Å²) in [5.41, 5.74) is -0.574. The monoisotopic (exact) mass is 300 g/mol. The van der Waals surface area contributed by atoms with Gasteiger partial charge in [-0.05, 0) is 53.1 Å². The molecule has 0 bridgehead atoms. The van der Waals surface area contributed by atoms with Crippen molar-refractivity contribution >= 4 is 15.9 Å². The molecule has 0 radical (unpaired) electrons. The zero-order chi connectivity index (χ0) is 12.6. The van der Waals surface area contributed by atoms with Gasteiger partial charge in [-0.2, -0.15) is 0 Å². The maximum absolute atomic E-state index is 14.1. The van der Waals surface area contributed by atoms with Crippen LogP contribution in [0.25, 0.3) is 0 Å². The van der Waals surface area contributed by atoms with Crippen LogP contribution in [0.4, 0.5) is 4.39 Å². The van der Waals surface area contributed by atoms with Gasteiger partial charge in [-0.3, -0.25) is 0 Å². The largest absolute Gasteiger partial charge is 0.385 e. The second kappa shape index (κ2) is 4.69. The van der Waals surface area contributed by atoms with E-state index in [1.807, 2.05) is 0 Å². The van der Waals surface area contributed by atoms with Gasteiger partial charge < -0.3 is 5.11 Å². The third kappa shape index (κ3) is 2.55. The first-order valence-electron chi connectivity index (χ1n) is 6.09. The van der Waals surface area contributed by atoms with Crippen LogP contribution in [0.5, 0.6) is 0 Å². The molecule has 2 atom stereocenters. The van der Waals surface area contributed by atoms with Crippen LogP contribution in [0, 0.1) is 17.7 Å². The summed E-state index contributed by atoms with van der Waals surface area (Å²) < 4.78 is 14.5. The fraction of sp³-hybridized carbons (Fsp3) is 0.571. The van der Waals surface area contributed by atoms with Crippen LogP contribution in [0.15, 0.2) is 22.7 Å². The van der Waals surface area contributed by atoms with E-state index in [9.17, 15) is 9.50 Å². The van der Waals surface area contributed by atoms with Crippen molar-refractivity contribution in [3.63, 3.8) is 0 Å². The van der Waals surface area contributed by atoms with Gasteiger partial charge in [-0.15, -0.1) is 0 Å². The highest BCUT2D eigenvalue weighted by atomic mass is 79.9. The van der Waals surface area contributed by atoms with Gasteiger partial charge in [-0.25, -0.2) is 4.39 Å². The molecule has 2 unspecified atom stereocenters. The van der Waals surface area contributed by atoms with Crippen LogP contribution < -0.4 is 0 Å². The summed E-state index contributed by atoms with van der Waals surface area (Å²) in [5.74, 6) is 0.542. The van der Waals surface area contributed by atoms with E-state index in [0.717, 1.165) is 6.42 Å². The van der Waals surface area contributed by atoms with Crippen molar-refractivity contribution in [3.05, 3.63) is 34.1 Å². The molecule has 0 heterocycles. The summed E-state index contributed by atoms with van der Waals surface area (Å²) >= 11 is 3.18. The number of halogens is 2. The Morgan fingerprint density at radius 2 is 1.88 bits per heavy atom. The van der Waals surface area contributed by atoms with E-state index in [4.69, 9.17) is 0 Å². The minimum Gasteiger partial charge on any atom is -0.385 e. The number of hydrogen-bond acceptors (Lipinski definition) is 1. The van der Waals surface area contributed by atoms with Crippen LogP contribution >= 0.6 is 15.9 Å². The van der Waals surface area contributed by atoms with Crippen molar-refractivity contribution in [3.8, 4) is 0 Å². The summed E-state index contributed by atoms with van der Waals surface area (Å²) in [4.78, 5) is 0. The van der Waals surface area contributed by atoms with Crippen LogP contribution in [0.1, 0.15) is 38.7 Å². The second-order valence-corrected chi connectivity index (χ2v) is 6.34. The first-order chi connectivity index (χ1) is 7.92. The van der Waals surface area contributed by atoms with E-state index < -0.39 is 5.60 Å². The standard InChI is InChI=1S/C14H18BrFO/c1-9-6-10(2)8-14(17,7-9)11-4-3-5-12(15)13(11)16/h3-5,9-10,17H,6-8H2,1-2H3. The molecule has 1 fully saturated rings. The molecular weight excluding hydrogens is 283 g/mol. The molecule has 2 rings (SSSR count). The molecule has 0 saturated heterocycles. The maximum atomic E-state index is 14.1. The minimum absolute atomic E-state index is 0.323. The van der Waals surface area contributed by atoms with E-state index in [-0.39, 0.29) is 5.82 Å². The van der Waals surface area contributed by atoms with Gasteiger partial charge in [0.05, 0.1) is 10.1 Å². The van der Waals surface area contributed by atoms with Gasteiger partial charge in [0.15, 0.2) is 0 Å². The Hall–Kier alpha value is -0.410. The highest BCUT2D eigenvalue weighted by Crippen LogP contribution is 2.43. The zero-order valence-corrected chi connectivity index (χ0v) is 11.8. The Morgan fingerprint density at radius 1 is 1.29 bits per heavy atom. The molecule has 0 aromatic heterocycles. The number of aliphatic hydroxyl groups is 1. The summed E-state index contributed by atoms with van der Waals surface area (Å²) in [6.07, 6.45) is 2.40. The Balaban J connectivity index is 2.40. The van der Waals surface area contributed by atoms with Crippen LogP contribution in [0.2, 0.25) is 0 Å². The predicted octanol–water partition coefficient (Wildman–Crippen LogP) is 4.23. The normalized spacial score (nSPS) is 33.7. The Morgan fingerprint density at radius 3 is 2.47 bits per heavy atom. The average Bonchev–Trinajstić information content (AvgIpc) is 2.19. The van der Waals surface area contributed by atoms with Gasteiger partial charge in [0.1, 0.15) is 5.82 Å². The zero-order valence-electron chi connectivity index (χ0n) is 10.2. The van der Waals surface area contributed by atoms with Crippen molar-refractivity contribution in [2.75, 3.05) is 0 Å². The highest BCUT2D eigenvalue weighted by Gasteiger charge is 2.39. The molecule has 1 saturated carbocycles. The summed E-state index contributed by atoms with van der Waals surface area (Å²) in [6, 6.07) is 5.15. The molecule has 17 heavy (non-hydrogen) atoms. The molecular formula is C14H18BrFO. The molecule has 0 aliphatic heterocycles. The van der Waals surface area contributed by atoms with Crippen molar-refractivity contribution in [2.45, 2.75) is 38.7 Å². The third-order valence-electron chi connectivity index (χ3n) is 3.63. The maximum Gasteiger partial charge on any atom is 0.143 e. The highest BCUT2D eigenvalue weighted by molar-refractivity contribution is 9.10. The fourth-order valence-electron chi connectivity index (χ4n) is 3.17. The molecule has 94 valence electrons. The smallest absolute Gasteiger partial charge is 0.143 e. The minimum atomic E-state index is -1.01. The van der Waals surface area contributed by atoms with Crippen molar-refractivity contribution < 1.29 is 9.50 Å². The lowest BCUT2D eigenvalue weighted by Crippen LogP contribution is -2.36. The number of benzene rings is 1. The molecule has 1 aliphatic rings. The van der Waals surface area contributed by atoms with E-state index in [1.165, 1.54) is 0 Å². The van der Waals surface area contributed by atoms with Crippen LogP contribution in [-0.2, 0) is 5.60 Å². The Kier molecular flexibility index (Phi) is 3.60. The number of hydrogen-bond donors (Lipinski definition) is 1. The van der Waals surface area contributed by atoms with Crippen LogP contribution in [-0.4, -0.2) is 5.11 Å². The van der Waals surface area contributed by atoms with E-state index in [2.05, 4.69) is 29.8 Å². The van der Waals surface area contributed by atoms with Gasteiger partial charge in [0.2, 0.25) is 0 Å². The van der Waals surface area contributed by atoms with Gasteiger partial charge >= 0.3 is 0 Å². The quantitative estimate of drug-likeness (QED) is 0.823. The molecule has 0 amide bonds. The fourth-order valence-corrected chi connectivity index (χ4v) is 3.54. The van der Waals surface area contributed by atoms with Gasteiger partial charge in [0.25, 0.3) is 0 Å². The number of rotatable bonds is 1. The molecule has 1 aliphatic carbocycles. The van der Waals surface area contributed by atoms with E-state index in [1.54, 1.807) is 18.2 Å². The molecule has 1 nitrogen and oxygen atoms in total. The summed E-state index contributed by atoms with van der Waals surface area (Å²) in [6.45, 7) is 4.24. The molecule has 0 spiro atoms. The molecule has 3 heteroatoms. The van der Waals surface area contributed by atoms with Gasteiger partial charge in [0, 0.05) is 5.56 Å². The van der Waals surface area contributed by atoms with Crippen molar-refractivity contribution in [1.29, 1.82) is 0 Å². The first kappa shape index (κ1) is 13.0. The Bertz CT molecular complexity index is 409. The van der Waals surface area contributed by atoms with E-state index >= 15 is 0 Å².